The van der Waals surface area contributed by atoms with Gasteiger partial charge in [-0.1, -0.05) is 37.2 Å². The van der Waals surface area contributed by atoms with Crippen molar-refractivity contribution in [2.75, 3.05) is 6.54 Å². The minimum Gasteiger partial charge on any atom is -0.392 e. The summed E-state index contributed by atoms with van der Waals surface area (Å²) < 4.78 is 0. The third kappa shape index (κ3) is 4.84. The number of nitrogens with two attached hydrogens (primary N) is 1. The van der Waals surface area contributed by atoms with Gasteiger partial charge >= 0.3 is 0 Å². The van der Waals surface area contributed by atoms with E-state index in [1.807, 2.05) is 0 Å². The van der Waals surface area contributed by atoms with Gasteiger partial charge in [-0.15, -0.1) is 0 Å². The first-order chi connectivity index (χ1) is 7.74. The highest BCUT2D eigenvalue weighted by atomic mass is 16.3. The highest BCUT2D eigenvalue weighted by Gasteiger charge is 2.21. The van der Waals surface area contributed by atoms with Crippen LogP contribution in [-0.4, -0.2) is 23.8 Å². The summed E-state index contributed by atoms with van der Waals surface area (Å²) in [6.07, 6.45) is 7.26. The quantitative estimate of drug-likeness (QED) is 0.413. The van der Waals surface area contributed by atoms with Crippen LogP contribution in [-0.2, 0) is 0 Å². The molecule has 3 N–H and O–H groups in total. The summed E-state index contributed by atoms with van der Waals surface area (Å²) in [7, 11) is 0. The Kier molecular flexibility index (Phi) is 6.23. The summed E-state index contributed by atoms with van der Waals surface area (Å²) in [6, 6.07) is -0.169. The zero-order valence-corrected chi connectivity index (χ0v) is 9.76. The van der Waals surface area contributed by atoms with Gasteiger partial charge in [0.25, 0.3) is 0 Å². The van der Waals surface area contributed by atoms with E-state index < -0.39 is 6.10 Å². The minimum atomic E-state index is -0.535. The first kappa shape index (κ1) is 13.3. The number of nitrogens with zero attached hydrogens (tertiary/aromatic N) is 3. The van der Waals surface area contributed by atoms with Gasteiger partial charge in [-0.05, 0) is 24.3 Å². The van der Waals surface area contributed by atoms with Crippen LogP contribution in [0.3, 0.4) is 0 Å². The number of azide groups is 1. The number of aliphatic hydroxyl groups is 1. The molecule has 16 heavy (non-hydrogen) atoms. The molecule has 1 rings (SSSR count). The monoisotopic (exact) mass is 226 g/mol. The van der Waals surface area contributed by atoms with Crippen molar-refractivity contribution in [2.24, 2.45) is 16.8 Å². The molecule has 2 atom stereocenters. The first-order valence-corrected chi connectivity index (χ1v) is 6.18. The van der Waals surface area contributed by atoms with Crippen LogP contribution in [0.1, 0.15) is 44.9 Å². The Balaban J connectivity index is 2.21. The lowest BCUT2D eigenvalue weighted by Crippen LogP contribution is -2.37. The lowest BCUT2D eigenvalue weighted by atomic mass is 9.83. The van der Waals surface area contributed by atoms with E-state index in [2.05, 4.69) is 10.0 Å². The highest BCUT2D eigenvalue weighted by Crippen LogP contribution is 2.27. The largest absolute Gasteiger partial charge is 0.392 e. The third-order valence-electron chi connectivity index (χ3n) is 3.41. The van der Waals surface area contributed by atoms with Gasteiger partial charge in [-0.25, -0.2) is 0 Å². The lowest BCUT2D eigenvalue weighted by Gasteiger charge is -2.26. The molecule has 1 aliphatic carbocycles. The van der Waals surface area contributed by atoms with Crippen LogP contribution < -0.4 is 5.73 Å². The van der Waals surface area contributed by atoms with Crippen LogP contribution in [0.15, 0.2) is 5.11 Å². The van der Waals surface area contributed by atoms with Gasteiger partial charge in [0.05, 0.1) is 6.10 Å². The summed E-state index contributed by atoms with van der Waals surface area (Å²) >= 11 is 0. The molecule has 5 heteroatoms. The van der Waals surface area contributed by atoms with Crippen LogP contribution in [0, 0.1) is 5.92 Å². The molecular weight excluding hydrogens is 204 g/mol. The van der Waals surface area contributed by atoms with Crippen molar-refractivity contribution in [2.45, 2.75) is 57.1 Å². The molecule has 0 heterocycles. The molecule has 0 aliphatic heterocycles. The van der Waals surface area contributed by atoms with Crippen molar-refractivity contribution < 1.29 is 5.11 Å². The fourth-order valence-corrected chi connectivity index (χ4v) is 2.41. The Hall–Kier alpha value is -0.770. The number of hydrogen-bond acceptors (Lipinski definition) is 3. The van der Waals surface area contributed by atoms with E-state index in [4.69, 9.17) is 11.3 Å². The Bertz CT molecular complexity index is 234. The Morgan fingerprint density at radius 1 is 1.38 bits per heavy atom. The Labute approximate surface area is 96.7 Å². The van der Waals surface area contributed by atoms with E-state index in [0.29, 0.717) is 18.9 Å². The normalized spacial score (nSPS) is 21.1. The van der Waals surface area contributed by atoms with E-state index in [1.54, 1.807) is 0 Å². The molecule has 1 saturated carbocycles. The second-order valence-electron chi connectivity index (χ2n) is 4.71. The fourth-order valence-electron chi connectivity index (χ4n) is 2.41. The molecule has 5 nitrogen and oxygen atoms in total. The molecule has 0 aromatic heterocycles. The van der Waals surface area contributed by atoms with Crippen LogP contribution >= 0.6 is 0 Å². The minimum absolute atomic E-state index is 0.169. The van der Waals surface area contributed by atoms with Gasteiger partial charge in [0, 0.05) is 17.5 Å². The lowest BCUT2D eigenvalue weighted by molar-refractivity contribution is 0.120. The number of aliphatic hydroxyl groups excluding tert-OH is 1. The van der Waals surface area contributed by atoms with E-state index >= 15 is 0 Å². The van der Waals surface area contributed by atoms with Crippen molar-refractivity contribution in [3.8, 4) is 0 Å². The number of rotatable bonds is 6. The van der Waals surface area contributed by atoms with Crippen LogP contribution in [0.4, 0.5) is 0 Å². The van der Waals surface area contributed by atoms with Gasteiger partial charge in [-0.2, -0.15) is 0 Å². The van der Waals surface area contributed by atoms with E-state index in [0.717, 1.165) is 6.42 Å². The second-order valence-corrected chi connectivity index (χ2v) is 4.71. The second kappa shape index (κ2) is 7.49. The van der Waals surface area contributed by atoms with Gasteiger partial charge < -0.3 is 10.8 Å². The van der Waals surface area contributed by atoms with Crippen molar-refractivity contribution in [3.63, 3.8) is 0 Å². The summed E-state index contributed by atoms with van der Waals surface area (Å²) in [5.74, 6) is 0.679. The third-order valence-corrected chi connectivity index (χ3v) is 3.41. The van der Waals surface area contributed by atoms with Crippen molar-refractivity contribution in [1.29, 1.82) is 0 Å². The SMILES string of the molecule is [N-]=[N+]=NCC[C@H](O)[C@@H](N)CC1CCCCC1. The predicted octanol–water partition coefficient (Wildman–Crippen LogP) is 2.35. The smallest absolute Gasteiger partial charge is 0.0692 e. The predicted molar refractivity (Wildman–Crippen MR) is 63.8 cm³/mol. The average molecular weight is 226 g/mol. The topological polar surface area (TPSA) is 95.0 Å². The first-order valence-electron chi connectivity index (χ1n) is 6.18. The van der Waals surface area contributed by atoms with Crippen molar-refractivity contribution >= 4 is 0 Å². The molecule has 0 bridgehead atoms. The van der Waals surface area contributed by atoms with E-state index in [-0.39, 0.29) is 6.04 Å². The molecule has 1 aliphatic rings. The zero-order valence-electron chi connectivity index (χ0n) is 9.76. The maximum absolute atomic E-state index is 9.77. The summed E-state index contributed by atoms with van der Waals surface area (Å²) in [4.78, 5) is 2.66. The molecule has 0 radical (unpaired) electrons. The Morgan fingerprint density at radius 2 is 2.06 bits per heavy atom. The van der Waals surface area contributed by atoms with Crippen LogP contribution in [0.5, 0.6) is 0 Å². The summed E-state index contributed by atoms with van der Waals surface area (Å²) in [6.45, 7) is 0.329. The molecule has 0 spiro atoms. The maximum atomic E-state index is 9.77. The molecule has 0 aromatic rings. The summed E-state index contributed by atoms with van der Waals surface area (Å²) in [5.41, 5.74) is 14.1. The van der Waals surface area contributed by atoms with Gasteiger partial charge in [0.15, 0.2) is 0 Å². The highest BCUT2D eigenvalue weighted by molar-refractivity contribution is 4.78. The standard InChI is InChI=1S/C11H22N4O/c12-10(11(16)6-7-14-15-13)8-9-4-2-1-3-5-9/h9-11,16H,1-8,12H2/t10-,11-/m0/s1. The molecule has 0 aromatic carbocycles. The maximum Gasteiger partial charge on any atom is 0.0692 e. The van der Waals surface area contributed by atoms with Crippen LogP contribution in [0.25, 0.3) is 10.4 Å². The van der Waals surface area contributed by atoms with E-state index in [1.165, 1.54) is 32.1 Å². The molecule has 0 unspecified atom stereocenters. The van der Waals surface area contributed by atoms with Crippen LogP contribution in [0.2, 0.25) is 0 Å². The molecule has 1 fully saturated rings. The number of hydrogen-bond donors (Lipinski definition) is 2. The fraction of sp³-hybridized carbons (Fsp3) is 1.00. The van der Waals surface area contributed by atoms with Crippen molar-refractivity contribution in [3.05, 3.63) is 10.4 Å². The molecule has 0 amide bonds. The molecular formula is C11H22N4O. The van der Waals surface area contributed by atoms with Crippen molar-refractivity contribution in [1.82, 2.24) is 0 Å². The Morgan fingerprint density at radius 3 is 2.69 bits per heavy atom. The average Bonchev–Trinajstić information content (AvgIpc) is 2.30. The van der Waals surface area contributed by atoms with Gasteiger partial charge in [0.1, 0.15) is 0 Å². The van der Waals surface area contributed by atoms with Gasteiger partial charge in [0.2, 0.25) is 0 Å². The molecule has 0 saturated heterocycles. The van der Waals surface area contributed by atoms with Gasteiger partial charge in [-0.3, -0.25) is 0 Å². The molecule has 92 valence electrons. The van der Waals surface area contributed by atoms with E-state index in [9.17, 15) is 5.11 Å². The summed E-state index contributed by atoms with van der Waals surface area (Å²) in [5, 5.41) is 13.2. The zero-order chi connectivity index (χ0) is 11.8.